The van der Waals surface area contributed by atoms with E-state index in [0.717, 1.165) is 0 Å². The molecule has 0 aliphatic rings. The van der Waals surface area contributed by atoms with Crippen molar-refractivity contribution in [3.05, 3.63) is 56.1 Å². The lowest BCUT2D eigenvalue weighted by molar-refractivity contribution is 0.137. The second-order valence-corrected chi connectivity index (χ2v) is 6.10. The summed E-state index contributed by atoms with van der Waals surface area (Å²) in [6.07, 6.45) is 2.60. The molecule has 0 fully saturated rings. The van der Waals surface area contributed by atoms with Gasteiger partial charge < -0.3 is 9.72 Å². The Labute approximate surface area is 143 Å². The minimum atomic E-state index is -0.673. The van der Waals surface area contributed by atoms with Crippen molar-refractivity contribution in [3.8, 4) is 0 Å². The highest BCUT2D eigenvalue weighted by Gasteiger charge is 2.25. The molecule has 2 heterocycles. The standard InChI is InChI=1S/C14H9BrCl2FN3O/c1-22-13(10-7(16)2-3-8(18)11(10)17)6-4-19-14-12(6)21-9(15)5-20-14/h2-5,13H,1H3,(H,19,20). The molecule has 3 aromatic rings. The molecule has 0 aliphatic carbocycles. The van der Waals surface area contributed by atoms with Crippen molar-refractivity contribution in [2.24, 2.45) is 0 Å². The molecule has 0 bridgehead atoms. The lowest BCUT2D eigenvalue weighted by Gasteiger charge is -2.18. The Morgan fingerprint density at radius 3 is 2.86 bits per heavy atom. The first-order valence-corrected chi connectivity index (χ1v) is 7.73. The van der Waals surface area contributed by atoms with Crippen LogP contribution in [0.15, 0.2) is 29.1 Å². The molecule has 1 unspecified atom stereocenters. The normalized spacial score (nSPS) is 12.8. The lowest BCUT2D eigenvalue weighted by atomic mass is 10.0. The van der Waals surface area contributed by atoms with Gasteiger partial charge in [0.1, 0.15) is 22.0 Å². The van der Waals surface area contributed by atoms with E-state index in [1.54, 1.807) is 12.4 Å². The van der Waals surface area contributed by atoms with Crippen molar-refractivity contribution in [1.82, 2.24) is 15.0 Å². The largest absolute Gasteiger partial charge is 0.372 e. The van der Waals surface area contributed by atoms with Gasteiger partial charge >= 0.3 is 0 Å². The molecule has 1 N–H and O–H groups in total. The van der Waals surface area contributed by atoms with Crippen LogP contribution >= 0.6 is 39.1 Å². The van der Waals surface area contributed by atoms with Crippen LogP contribution < -0.4 is 0 Å². The number of fused-ring (bicyclic) bond motifs is 1. The Bertz CT molecular complexity index is 855. The topological polar surface area (TPSA) is 50.8 Å². The smallest absolute Gasteiger partial charge is 0.156 e. The second kappa shape index (κ2) is 6.12. The summed E-state index contributed by atoms with van der Waals surface area (Å²) in [5.74, 6) is -0.560. The van der Waals surface area contributed by atoms with E-state index >= 15 is 0 Å². The summed E-state index contributed by atoms with van der Waals surface area (Å²) in [4.78, 5) is 11.6. The minimum absolute atomic E-state index is 0.0725. The Balaban J connectivity index is 2.23. The van der Waals surface area contributed by atoms with Crippen LogP contribution in [0.3, 0.4) is 0 Å². The van der Waals surface area contributed by atoms with Crippen LogP contribution in [0.5, 0.6) is 0 Å². The van der Waals surface area contributed by atoms with E-state index in [-0.39, 0.29) is 5.02 Å². The van der Waals surface area contributed by atoms with Crippen molar-refractivity contribution >= 4 is 50.3 Å². The fourth-order valence-corrected chi connectivity index (χ4v) is 3.12. The number of aromatic nitrogens is 3. The number of nitrogens with one attached hydrogen (secondary N) is 1. The van der Waals surface area contributed by atoms with E-state index in [1.807, 2.05) is 0 Å². The molecule has 1 aromatic carbocycles. The summed E-state index contributed by atoms with van der Waals surface area (Å²) in [6.45, 7) is 0. The van der Waals surface area contributed by atoms with Crippen LogP contribution in [0.25, 0.3) is 11.2 Å². The van der Waals surface area contributed by atoms with Gasteiger partial charge in [0.15, 0.2) is 5.65 Å². The van der Waals surface area contributed by atoms with Gasteiger partial charge in [0.2, 0.25) is 0 Å². The van der Waals surface area contributed by atoms with Crippen molar-refractivity contribution in [1.29, 1.82) is 0 Å². The molecule has 0 saturated heterocycles. The zero-order valence-corrected chi connectivity index (χ0v) is 14.3. The second-order valence-electron chi connectivity index (χ2n) is 4.51. The van der Waals surface area contributed by atoms with Crippen LogP contribution in [0, 0.1) is 5.82 Å². The summed E-state index contributed by atoms with van der Waals surface area (Å²) in [6, 6.07) is 2.66. The molecule has 0 saturated carbocycles. The van der Waals surface area contributed by atoms with Gasteiger partial charge in [-0.1, -0.05) is 23.2 Å². The summed E-state index contributed by atoms with van der Waals surface area (Å²) in [7, 11) is 1.49. The van der Waals surface area contributed by atoms with E-state index in [2.05, 4.69) is 30.9 Å². The Morgan fingerprint density at radius 2 is 2.14 bits per heavy atom. The zero-order chi connectivity index (χ0) is 15.9. The molecule has 3 rings (SSSR count). The average Bonchev–Trinajstić information content (AvgIpc) is 2.90. The number of benzene rings is 1. The molecule has 1 atom stereocenters. The highest BCUT2D eigenvalue weighted by Crippen LogP contribution is 2.39. The quantitative estimate of drug-likeness (QED) is 0.631. The summed E-state index contributed by atoms with van der Waals surface area (Å²) in [5, 5.41) is 0.243. The van der Waals surface area contributed by atoms with Crippen LogP contribution in [0.4, 0.5) is 4.39 Å². The third kappa shape index (κ3) is 2.60. The molecule has 0 radical (unpaired) electrons. The summed E-state index contributed by atoms with van der Waals surface area (Å²) < 4.78 is 19.9. The molecular formula is C14H9BrCl2FN3O. The number of methoxy groups -OCH3 is 1. The highest BCUT2D eigenvalue weighted by molar-refractivity contribution is 9.10. The predicted octanol–water partition coefficient (Wildman–Crippen LogP) is 4.90. The highest BCUT2D eigenvalue weighted by atomic mass is 79.9. The summed E-state index contributed by atoms with van der Waals surface area (Å²) >= 11 is 15.5. The van der Waals surface area contributed by atoms with E-state index in [4.69, 9.17) is 27.9 Å². The molecule has 114 valence electrons. The lowest BCUT2D eigenvalue weighted by Crippen LogP contribution is -2.06. The first kappa shape index (κ1) is 15.7. The predicted molar refractivity (Wildman–Crippen MR) is 86.9 cm³/mol. The first-order valence-electron chi connectivity index (χ1n) is 6.18. The van der Waals surface area contributed by atoms with Gasteiger partial charge in [0, 0.05) is 29.5 Å². The van der Waals surface area contributed by atoms with Crippen molar-refractivity contribution in [2.75, 3.05) is 7.11 Å². The van der Waals surface area contributed by atoms with Gasteiger partial charge in [0.25, 0.3) is 0 Å². The van der Waals surface area contributed by atoms with Crippen molar-refractivity contribution in [3.63, 3.8) is 0 Å². The molecule has 4 nitrogen and oxygen atoms in total. The Hall–Kier alpha value is -1.21. The Kier molecular flexibility index (Phi) is 4.36. The Morgan fingerprint density at radius 1 is 1.36 bits per heavy atom. The van der Waals surface area contributed by atoms with Gasteiger partial charge in [-0.2, -0.15) is 0 Å². The average molecular weight is 405 g/mol. The number of hydrogen-bond donors (Lipinski definition) is 1. The molecule has 0 spiro atoms. The number of aromatic amines is 1. The SMILES string of the molecule is COC(c1c(Cl)ccc(F)c1Cl)c1c[nH]c2ncc(Br)nc12. The maximum atomic E-state index is 13.8. The number of H-pyrrole nitrogens is 1. The van der Waals surface area contributed by atoms with Gasteiger partial charge in [-0.3, -0.25) is 0 Å². The molecular weight excluding hydrogens is 396 g/mol. The summed E-state index contributed by atoms with van der Waals surface area (Å²) in [5.41, 5.74) is 2.20. The van der Waals surface area contributed by atoms with Gasteiger partial charge in [-0.25, -0.2) is 14.4 Å². The van der Waals surface area contributed by atoms with E-state index in [1.165, 1.54) is 19.2 Å². The minimum Gasteiger partial charge on any atom is -0.372 e. The van der Waals surface area contributed by atoms with Gasteiger partial charge in [-0.15, -0.1) is 0 Å². The number of nitrogens with zero attached hydrogens (tertiary/aromatic N) is 2. The van der Waals surface area contributed by atoms with Crippen LogP contribution in [-0.4, -0.2) is 22.1 Å². The molecule has 8 heteroatoms. The van der Waals surface area contributed by atoms with Crippen LogP contribution in [-0.2, 0) is 4.74 Å². The van der Waals surface area contributed by atoms with Crippen LogP contribution in [0.2, 0.25) is 10.0 Å². The number of halogens is 4. The number of ether oxygens (including phenoxy) is 1. The van der Waals surface area contributed by atoms with Gasteiger partial charge in [0.05, 0.1) is 11.2 Å². The number of hydrogen-bond acceptors (Lipinski definition) is 3. The van der Waals surface area contributed by atoms with E-state index < -0.39 is 11.9 Å². The maximum absolute atomic E-state index is 13.8. The molecule has 22 heavy (non-hydrogen) atoms. The fraction of sp³-hybridized carbons (Fsp3) is 0.143. The molecule has 2 aromatic heterocycles. The van der Waals surface area contributed by atoms with Crippen molar-refractivity contribution < 1.29 is 9.13 Å². The third-order valence-corrected chi connectivity index (χ3v) is 4.34. The zero-order valence-electron chi connectivity index (χ0n) is 11.2. The van der Waals surface area contributed by atoms with E-state index in [0.29, 0.717) is 31.9 Å². The molecule has 0 aliphatic heterocycles. The van der Waals surface area contributed by atoms with E-state index in [9.17, 15) is 4.39 Å². The first-order chi connectivity index (χ1) is 10.5. The van der Waals surface area contributed by atoms with Crippen LogP contribution in [0.1, 0.15) is 17.2 Å². The number of rotatable bonds is 3. The molecule has 0 amide bonds. The third-order valence-electron chi connectivity index (χ3n) is 3.24. The monoisotopic (exact) mass is 403 g/mol. The maximum Gasteiger partial charge on any atom is 0.156 e. The van der Waals surface area contributed by atoms with Gasteiger partial charge in [-0.05, 0) is 28.1 Å². The van der Waals surface area contributed by atoms with Crippen molar-refractivity contribution in [2.45, 2.75) is 6.10 Å². The fourth-order valence-electron chi connectivity index (χ4n) is 2.27.